The van der Waals surface area contributed by atoms with Crippen LogP contribution in [0.25, 0.3) is 6.08 Å². The lowest BCUT2D eigenvalue weighted by Gasteiger charge is -2.14. The second-order valence-corrected chi connectivity index (χ2v) is 11.9. The van der Waals surface area contributed by atoms with Gasteiger partial charge >= 0.3 is 0 Å². The van der Waals surface area contributed by atoms with Gasteiger partial charge in [0.1, 0.15) is 5.70 Å². The van der Waals surface area contributed by atoms with Crippen molar-refractivity contribution in [3.05, 3.63) is 128 Å². The van der Waals surface area contributed by atoms with Crippen LogP contribution < -0.4 is 16.0 Å². The number of nitrogens with one attached hydrogen (secondary N) is 3. The second kappa shape index (κ2) is 14.4. The highest BCUT2D eigenvalue weighted by Crippen LogP contribution is 2.29. The first kappa shape index (κ1) is 30.4. The van der Waals surface area contributed by atoms with Crippen molar-refractivity contribution in [3.8, 4) is 0 Å². The number of halogens is 3. The van der Waals surface area contributed by atoms with Crippen LogP contribution in [0.1, 0.15) is 22.8 Å². The van der Waals surface area contributed by atoms with Crippen molar-refractivity contribution >= 4 is 86.1 Å². The summed E-state index contributed by atoms with van der Waals surface area (Å²) in [5.41, 5.74) is 2.27. The molecule has 4 aromatic carbocycles. The summed E-state index contributed by atoms with van der Waals surface area (Å²) in [5.74, 6) is -1.12. The summed E-state index contributed by atoms with van der Waals surface area (Å²) in [4.78, 5) is 39.8. The number of benzene rings is 4. The minimum Gasteiger partial charge on any atom is -0.325 e. The number of thioether (sulfide) groups is 1. The molecular formula is C31H24BrCl2N3O3S. The summed E-state index contributed by atoms with van der Waals surface area (Å²) in [5, 5.41) is 8.71. The summed E-state index contributed by atoms with van der Waals surface area (Å²) in [6, 6.07) is 28.0. The zero-order chi connectivity index (χ0) is 29.4. The van der Waals surface area contributed by atoms with Gasteiger partial charge in [-0.25, -0.2) is 0 Å². The second-order valence-electron chi connectivity index (χ2n) is 8.79. The number of carbonyl (C=O) groups is 3. The maximum atomic E-state index is 13.4. The van der Waals surface area contributed by atoms with Crippen molar-refractivity contribution in [2.24, 2.45) is 0 Å². The molecule has 0 aromatic heterocycles. The van der Waals surface area contributed by atoms with Crippen molar-refractivity contribution in [1.82, 2.24) is 5.32 Å². The van der Waals surface area contributed by atoms with Gasteiger partial charge in [0, 0.05) is 26.3 Å². The van der Waals surface area contributed by atoms with E-state index in [2.05, 4.69) is 31.9 Å². The van der Waals surface area contributed by atoms with Crippen LogP contribution >= 0.6 is 50.9 Å². The van der Waals surface area contributed by atoms with Crippen LogP contribution in [-0.4, -0.2) is 23.0 Å². The summed E-state index contributed by atoms with van der Waals surface area (Å²) in [7, 11) is 0. The van der Waals surface area contributed by atoms with E-state index in [0.29, 0.717) is 27.0 Å². The van der Waals surface area contributed by atoms with E-state index in [-0.39, 0.29) is 11.6 Å². The zero-order valence-corrected chi connectivity index (χ0v) is 25.6. The molecule has 6 nitrogen and oxygen atoms in total. The van der Waals surface area contributed by atoms with E-state index in [1.165, 1.54) is 11.8 Å². The van der Waals surface area contributed by atoms with Crippen molar-refractivity contribution < 1.29 is 14.4 Å². The van der Waals surface area contributed by atoms with Crippen molar-refractivity contribution in [3.63, 3.8) is 0 Å². The van der Waals surface area contributed by atoms with E-state index in [0.717, 1.165) is 14.9 Å². The number of hydrogen-bond acceptors (Lipinski definition) is 4. The Bertz CT molecular complexity index is 1620. The molecule has 0 aliphatic carbocycles. The van der Waals surface area contributed by atoms with Gasteiger partial charge in [0.15, 0.2) is 0 Å². The smallest absolute Gasteiger partial charge is 0.272 e. The van der Waals surface area contributed by atoms with E-state index >= 15 is 0 Å². The third-order valence-corrected chi connectivity index (χ3v) is 7.98. The zero-order valence-electron chi connectivity index (χ0n) is 21.7. The standard InChI is InChI=1S/C31H24BrCl2N3O3S/c1-19(29(38)35-24-13-14-26(33)27(34)18-24)41-25-12-6-11-23(17-25)36-31(40)28(16-20-7-5-10-22(32)15-20)37-30(39)21-8-3-2-4-9-21/h2-19H,1H3,(H,35,38)(H,36,40)(H,37,39)/b28-16+. The fraction of sp³-hybridized carbons (Fsp3) is 0.0645. The molecule has 1 atom stereocenters. The highest BCUT2D eigenvalue weighted by molar-refractivity contribution is 9.10. The Hall–Kier alpha value is -3.56. The first-order valence-corrected chi connectivity index (χ1v) is 14.8. The van der Waals surface area contributed by atoms with E-state index < -0.39 is 17.1 Å². The maximum Gasteiger partial charge on any atom is 0.272 e. The Morgan fingerprint density at radius 1 is 0.805 bits per heavy atom. The van der Waals surface area contributed by atoms with Gasteiger partial charge in [-0.05, 0) is 79.2 Å². The highest BCUT2D eigenvalue weighted by Gasteiger charge is 2.18. The topological polar surface area (TPSA) is 87.3 Å². The minimum atomic E-state index is -0.498. The van der Waals surface area contributed by atoms with Gasteiger partial charge in [-0.1, -0.05) is 75.5 Å². The van der Waals surface area contributed by atoms with Gasteiger partial charge < -0.3 is 16.0 Å². The van der Waals surface area contributed by atoms with Crippen LogP contribution in [0.15, 0.2) is 112 Å². The van der Waals surface area contributed by atoms with E-state index in [1.807, 2.05) is 36.4 Å². The molecule has 3 amide bonds. The van der Waals surface area contributed by atoms with Crippen molar-refractivity contribution in [2.45, 2.75) is 17.1 Å². The molecule has 1 unspecified atom stereocenters. The summed E-state index contributed by atoms with van der Waals surface area (Å²) >= 11 is 16.8. The number of anilines is 2. The lowest BCUT2D eigenvalue weighted by molar-refractivity contribution is -0.115. The number of rotatable bonds is 9. The molecule has 0 radical (unpaired) electrons. The fourth-order valence-corrected chi connectivity index (χ4v) is 5.27. The first-order valence-electron chi connectivity index (χ1n) is 12.4. The van der Waals surface area contributed by atoms with E-state index in [4.69, 9.17) is 23.2 Å². The Morgan fingerprint density at radius 3 is 2.27 bits per heavy atom. The molecule has 0 aliphatic heterocycles. The van der Waals surface area contributed by atoms with Crippen LogP contribution in [0.2, 0.25) is 10.0 Å². The van der Waals surface area contributed by atoms with Gasteiger partial charge in [-0.2, -0.15) is 0 Å². The molecule has 4 aromatic rings. The predicted octanol–water partition coefficient (Wildman–Crippen LogP) is 8.28. The van der Waals surface area contributed by atoms with Crippen LogP contribution in [0, 0.1) is 0 Å². The average Bonchev–Trinajstić information content (AvgIpc) is 2.95. The molecule has 0 heterocycles. The third kappa shape index (κ3) is 8.96. The molecule has 10 heteroatoms. The highest BCUT2D eigenvalue weighted by atomic mass is 79.9. The fourth-order valence-electron chi connectivity index (χ4n) is 3.63. The Kier molecular flexibility index (Phi) is 10.7. The van der Waals surface area contributed by atoms with Crippen LogP contribution in [0.3, 0.4) is 0 Å². The quantitative estimate of drug-likeness (QED) is 0.124. The molecule has 0 fully saturated rings. The van der Waals surface area contributed by atoms with Crippen LogP contribution in [-0.2, 0) is 9.59 Å². The molecule has 41 heavy (non-hydrogen) atoms. The molecule has 0 bridgehead atoms. The summed E-state index contributed by atoms with van der Waals surface area (Å²) < 4.78 is 0.836. The molecule has 0 saturated carbocycles. The minimum absolute atomic E-state index is 0.0735. The Labute approximate surface area is 260 Å². The Balaban J connectivity index is 1.47. The maximum absolute atomic E-state index is 13.4. The van der Waals surface area contributed by atoms with Gasteiger partial charge in [-0.3, -0.25) is 14.4 Å². The lowest BCUT2D eigenvalue weighted by Crippen LogP contribution is -2.30. The molecule has 0 aliphatic rings. The normalized spacial score (nSPS) is 11.9. The van der Waals surface area contributed by atoms with Gasteiger partial charge in [0.2, 0.25) is 5.91 Å². The first-order chi connectivity index (χ1) is 19.7. The largest absolute Gasteiger partial charge is 0.325 e. The predicted molar refractivity (Wildman–Crippen MR) is 172 cm³/mol. The average molecular weight is 669 g/mol. The molecule has 208 valence electrons. The summed E-state index contributed by atoms with van der Waals surface area (Å²) in [6.07, 6.45) is 1.61. The number of carbonyl (C=O) groups excluding carboxylic acids is 3. The van der Waals surface area contributed by atoms with E-state index in [1.54, 1.807) is 73.7 Å². The number of hydrogen-bond donors (Lipinski definition) is 3. The van der Waals surface area contributed by atoms with Gasteiger partial charge in [-0.15, -0.1) is 11.8 Å². The van der Waals surface area contributed by atoms with Gasteiger partial charge in [0.25, 0.3) is 11.8 Å². The molecular weight excluding hydrogens is 645 g/mol. The van der Waals surface area contributed by atoms with Gasteiger partial charge in [0.05, 0.1) is 15.3 Å². The molecule has 0 spiro atoms. The van der Waals surface area contributed by atoms with Crippen molar-refractivity contribution in [1.29, 1.82) is 0 Å². The molecule has 3 N–H and O–H groups in total. The third-order valence-electron chi connectivity index (χ3n) is 5.65. The van der Waals surface area contributed by atoms with Crippen LogP contribution in [0.5, 0.6) is 0 Å². The molecule has 0 saturated heterocycles. The summed E-state index contributed by atoms with van der Waals surface area (Å²) in [6.45, 7) is 1.78. The molecule has 4 rings (SSSR count). The Morgan fingerprint density at radius 2 is 1.54 bits per heavy atom. The number of amides is 3. The lowest BCUT2D eigenvalue weighted by atomic mass is 10.1. The van der Waals surface area contributed by atoms with Crippen molar-refractivity contribution in [2.75, 3.05) is 10.6 Å². The van der Waals surface area contributed by atoms with E-state index in [9.17, 15) is 14.4 Å². The monoisotopic (exact) mass is 667 g/mol. The van der Waals surface area contributed by atoms with Crippen LogP contribution in [0.4, 0.5) is 11.4 Å². The SMILES string of the molecule is CC(Sc1cccc(NC(=O)/C(=C\c2cccc(Br)c2)NC(=O)c2ccccc2)c1)C(=O)Nc1ccc(Cl)c(Cl)c1.